The molecule has 0 unspecified atom stereocenters. The predicted molar refractivity (Wildman–Crippen MR) is 80.4 cm³/mol. The van der Waals surface area contributed by atoms with Gasteiger partial charge in [-0.1, -0.05) is 0 Å². The molecular weight excluding hydrogens is 275 g/mol. The molecular formula is C15H17FN2OS. The van der Waals surface area contributed by atoms with Crippen molar-refractivity contribution in [1.82, 2.24) is 9.88 Å². The Balaban J connectivity index is 1.88. The van der Waals surface area contributed by atoms with Crippen molar-refractivity contribution in [2.24, 2.45) is 0 Å². The van der Waals surface area contributed by atoms with Gasteiger partial charge in [-0.3, -0.25) is 4.79 Å². The quantitative estimate of drug-likeness (QED) is 0.944. The highest BCUT2D eigenvalue weighted by Gasteiger charge is 2.23. The fourth-order valence-corrected chi connectivity index (χ4v) is 3.13. The van der Waals surface area contributed by atoms with E-state index in [1.807, 2.05) is 11.2 Å². The van der Waals surface area contributed by atoms with Crippen molar-refractivity contribution in [3.05, 3.63) is 35.3 Å². The van der Waals surface area contributed by atoms with E-state index in [1.54, 1.807) is 23.9 Å². The number of nitrogens with zero attached hydrogens (tertiary/aromatic N) is 1. The standard InChI is InChI=1S/C15H17FN2OS/c1-20-7-5-15(19)18-6-4-14-12(9-18)11-8-10(16)2-3-13(11)17-14/h2-3,8,17H,4-7,9H2,1H3. The number of hydrogen-bond donors (Lipinski definition) is 1. The van der Waals surface area contributed by atoms with Gasteiger partial charge < -0.3 is 9.88 Å². The summed E-state index contributed by atoms with van der Waals surface area (Å²) in [5.41, 5.74) is 3.16. The van der Waals surface area contributed by atoms with Gasteiger partial charge in [0, 0.05) is 53.8 Å². The topological polar surface area (TPSA) is 36.1 Å². The SMILES string of the molecule is CSCCC(=O)N1CCc2[nH]c3ccc(F)cc3c2C1. The maximum absolute atomic E-state index is 13.4. The van der Waals surface area contributed by atoms with Gasteiger partial charge in [0.15, 0.2) is 0 Å². The van der Waals surface area contributed by atoms with Crippen LogP contribution >= 0.6 is 11.8 Å². The lowest BCUT2D eigenvalue weighted by molar-refractivity contribution is -0.131. The zero-order valence-corrected chi connectivity index (χ0v) is 12.2. The van der Waals surface area contributed by atoms with E-state index < -0.39 is 0 Å². The van der Waals surface area contributed by atoms with Crippen LogP contribution in [0.1, 0.15) is 17.7 Å². The number of nitrogens with one attached hydrogen (secondary N) is 1. The number of carbonyl (C=O) groups excluding carboxylic acids is 1. The molecule has 1 aromatic heterocycles. The minimum Gasteiger partial charge on any atom is -0.358 e. The molecule has 3 nitrogen and oxygen atoms in total. The molecule has 5 heteroatoms. The Labute approximate surface area is 121 Å². The molecule has 0 aliphatic carbocycles. The Morgan fingerprint density at radius 2 is 2.35 bits per heavy atom. The molecule has 1 aliphatic heterocycles. The molecule has 1 aromatic carbocycles. The van der Waals surface area contributed by atoms with E-state index in [1.165, 1.54) is 6.07 Å². The lowest BCUT2D eigenvalue weighted by Crippen LogP contribution is -2.35. The summed E-state index contributed by atoms with van der Waals surface area (Å²) in [6.45, 7) is 1.33. The lowest BCUT2D eigenvalue weighted by Gasteiger charge is -2.27. The van der Waals surface area contributed by atoms with Crippen LogP contribution in [-0.4, -0.2) is 34.3 Å². The Bertz CT molecular complexity index is 653. The van der Waals surface area contributed by atoms with Crippen molar-refractivity contribution in [1.29, 1.82) is 0 Å². The zero-order valence-electron chi connectivity index (χ0n) is 11.4. The lowest BCUT2D eigenvalue weighted by atomic mass is 10.0. The molecule has 106 valence electrons. The molecule has 3 rings (SSSR count). The zero-order chi connectivity index (χ0) is 14.1. The number of hydrogen-bond acceptors (Lipinski definition) is 2. The molecule has 1 amide bonds. The predicted octanol–water partition coefficient (Wildman–Crippen LogP) is 2.94. The molecule has 1 aliphatic rings. The highest BCUT2D eigenvalue weighted by molar-refractivity contribution is 7.98. The maximum Gasteiger partial charge on any atom is 0.223 e. The van der Waals surface area contributed by atoms with Crippen LogP contribution in [0.4, 0.5) is 4.39 Å². The number of carbonyl (C=O) groups is 1. The van der Waals surface area contributed by atoms with E-state index in [0.717, 1.165) is 40.9 Å². The first kappa shape index (κ1) is 13.5. The number of fused-ring (bicyclic) bond motifs is 3. The first-order valence-electron chi connectivity index (χ1n) is 6.74. The molecule has 0 spiro atoms. The smallest absolute Gasteiger partial charge is 0.223 e. The highest BCUT2D eigenvalue weighted by Crippen LogP contribution is 2.28. The largest absolute Gasteiger partial charge is 0.358 e. The molecule has 0 fully saturated rings. The van der Waals surface area contributed by atoms with Gasteiger partial charge in [-0.2, -0.15) is 11.8 Å². The summed E-state index contributed by atoms with van der Waals surface area (Å²) in [7, 11) is 0. The molecule has 2 aromatic rings. The molecule has 20 heavy (non-hydrogen) atoms. The first-order chi connectivity index (χ1) is 9.69. The van der Waals surface area contributed by atoms with Crippen LogP contribution in [0.15, 0.2) is 18.2 Å². The fourth-order valence-electron chi connectivity index (χ4n) is 2.75. The Morgan fingerprint density at radius 3 is 3.15 bits per heavy atom. The summed E-state index contributed by atoms with van der Waals surface area (Å²) in [5.74, 6) is 0.811. The van der Waals surface area contributed by atoms with Gasteiger partial charge in [0.1, 0.15) is 5.82 Å². The number of H-pyrrole nitrogens is 1. The second kappa shape index (κ2) is 5.48. The van der Waals surface area contributed by atoms with Crippen LogP contribution in [0.3, 0.4) is 0 Å². The van der Waals surface area contributed by atoms with Gasteiger partial charge in [-0.05, 0) is 24.5 Å². The monoisotopic (exact) mass is 292 g/mol. The van der Waals surface area contributed by atoms with E-state index in [2.05, 4.69) is 4.98 Å². The van der Waals surface area contributed by atoms with Crippen LogP contribution in [0.5, 0.6) is 0 Å². The normalized spacial score (nSPS) is 14.6. The fraction of sp³-hybridized carbons (Fsp3) is 0.400. The van der Waals surface area contributed by atoms with E-state index in [4.69, 9.17) is 0 Å². The molecule has 2 heterocycles. The third-order valence-electron chi connectivity index (χ3n) is 3.81. The summed E-state index contributed by atoms with van der Waals surface area (Å²) in [4.78, 5) is 17.3. The number of amides is 1. The van der Waals surface area contributed by atoms with Crippen LogP contribution < -0.4 is 0 Å². The molecule has 1 N–H and O–H groups in total. The second-order valence-electron chi connectivity index (χ2n) is 5.08. The minimum absolute atomic E-state index is 0.191. The van der Waals surface area contributed by atoms with Gasteiger partial charge in [-0.15, -0.1) is 0 Å². The van der Waals surface area contributed by atoms with E-state index in [9.17, 15) is 9.18 Å². The van der Waals surface area contributed by atoms with Gasteiger partial charge in [0.05, 0.1) is 0 Å². The average Bonchev–Trinajstić information content (AvgIpc) is 2.82. The Kier molecular flexibility index (Phi) is 3.70. The summed E-state index contributed by atoms with van der Waals surface area (Å²) in [6, 6.07) is 4.79. The van der Waals surface area contributed by atoms with E-state index in [-0.39, 0.29) is 11.7 Å². The molecule has 0 atom stereocenters. The third-order valence-corrected chi connectivity index (χ3v) is 4.42. The number of aromatic nitrogens is 1. The second-order valence-corrected chi connectivity index (χ2v) is 6.07. The Hall–Kier alpha value is -1.49. The van der Waals surface area contributed by atoms with Crippen molar-refractivity contribution in [2.75, 3.05) is 18.6 Å². The molecule has 0 radical (unpaired) electrons. The number of aromatic amines is 1. The van der Waals surface area contributed by atoms with Crippen molar-refractivity contribution in [3.63, 3.8) is 0 Å². The van der Waals surface area contributed by atoms with Crippen molar-refractivity contribution >= 4 is 28.6 Å². The number of thioether (sulfide) groups is 1. The van der Waals surface area contributed by atoms with Crippen LogP contribution in [0.2, 0.25) is 0 Å². The van der Waals surface area contributed by atoms with Gasteiger partial charge in [-0.25, -0.2) is 4.39 Å². The first-order valence-corrected chi connectivity index (χ1v) is 8.14. The van der Waals surface area contributed by atoms with Crippen molar-refractivity contribution in [2.45, 2.75) is 19.4 Å². The van der Waals surface area contributed by atoms with Crippen LogP contribution in [-0.2, 0) is 17.8 Å². The number of benzene rings is 1. The van der Waals surface area contributed by atoms with Crippen LogP contribution in [0, 0.1) is 5.82 Å². The Morgan fingerprint density at radius 1 is 1.50 bits per heavy atom. The van der Waals surface area contributed by atoms with Crippen molar-refractivity contribution in [3.8, 4) is 0 Å². The molecule has 0 saturated carbocycles. The average molecular weight is 292 g/mol. The van der Waals surface area contributed by atoms with E-state index >= 15 is 0 Å². The third kappa shape index (κ3) is 2.42. The summed E-state index contributed by atoms with van der Waals surface area (Å²) >= 11 is 1.68. The minimum atomic E-state index is -0.231. The van der Waals surface area contributed by atoms with Gasteiger partial charge >= 0.3 is 0 Å². The molecule has 0 saturated heterocycles. The summed E-state index contributed by atoms with van der Waals surface area (Å²) in [6.07, 6.45) is 3.40. The summed E-state index contributed by atoms with van der Waals surface area (Å²) < 4.78 is 13.4. The highest BCUT2D eigenvalue weighted by atomic mass is 32.2. The van der Waals surface area contributed by atoms with E-state index in [0.29, 0.717) is 13.0 Å². The molecule has 0 bridgehead atoms. The van der Waals surface area contributed by atoms with Gasteiger partial charge in [0.25, 0.3) is 0 Å². The number of halogens is 1. The van der Waals surface area contributed by atoms with Gasteiger partial charge in [0.2, 0.25) is 5.91 Å². The maximum atomic E-state index is 13.4. The van der Waals surface area contributed by atoms with Crippen molar-refractivity contribution < 1.29 is 9.18 Å². The number of rotatable bonds is 3. The van der Waals surface area contributed by atoms with Crippen LogP contribution in [0.25, 0.3) is 10.9 Å². The summed E-state index contributed by atoms with van der Waals surface area (Å²) in [5, 5.41) is 0.905.